The zero-order valence-electron chi connectivity index (χ0n) is 15.3. The summed E-state index contributed by atoms with van der Waals surface area (Å²) >= 11 is 6.23. The average Bonchev–Trinajstić information content (AvgIpc) is 2.94. The van der Waals surface area contributed by atoms with E-state index in [1.807, 2.05) is 6.92 Å². The number of rotatable bonds is 4. The van der Waals surface area contributed by atoms with Crippen LogP contribution in [0.25, 0.3) is 11.4 Å². The Morgan fingerprint density at radius 2 is 2.00 bits per heavy atom. The Labute approximate surface area is 165 Å². The van der Waals surface area contributed by atoms with Gasteiger partial charge in [0.05, 0.1) is 35.0 Å². The lowest BCUT2D eigenvalue weighted by molar-refractivity contribution is 0.0646. The first kappa shape index (κ1) is 18.3. The molecule has 4 rings (SSSR count). The molecular formula is C18H17ClFN7O. The van der Waals surface area contributed by atoms with E-state index in [1.165, 1.54) is 6.20 Å². The van der Waals surface area contributed by atoms with Gasteiger partial charge in [-0.05, 0) is 19.4 Å². The number of pyridine rings is 1. The fraction of sp³-hybridized carbons (Fsp3) is 0.278. The van der Waals surface area contributed by atoms with Crippen molar-refractivity contribution in [3.05, 3.63) is 47.0 Å². The number of hydrogen-bond donors (Lipinski definition) is 1. The second-order valence-corrected chi connectivity index (χ2v) is 6.87. The van der Waals surface area contributed by atoms with E-state index in [4.69, 9.17) is 11.6 Å². The Hall–Kier alpha value is -3.07. The molecule has 1 amide bonds. The van der Waals surface area contributed by atoms with Crippen molar-refractivity contribution < 1.29 is 9.18 Å². The standard InChI is InChI=1S/C18H17ClFN7O/c1-10-21-9-14(26(10)2)16-13(20)8-23-18(25-16)24-11-6-12(19)15(22-7-11)17(28)27-4-3-5-27/h6-9H,3-5H2,1-2H3,(H,23,24,25). The number of halogens is 2. The Kier molecular flexibility index (Phi) is 4.68. The molecular weight excluding hydrogens is 385 g/mol. The lowest BCUT2D eigenvalue weighted by Gasteiger charge is -2.30. The maximum absolute atomic E-state index is 14.2. The highest BCUT2D eigenvalue weighted by Gasteiger charge is 2.24. The second kappa shape index (κ2) is 7.16. The lowest BCUT2D eigenvalue weighted by Crippen LogP contribution is -2.42. The summed E-state index contributed by atoms with van der Waals surface area (Å²) in [7, 11) is 1.78. The average molecular weight is 402 g/mol. The molecule has 3 aromatic heterocycles. The van der Waals surface area contributed by atoms with Gasteiger partial charge in [0.1, 0.15) is 17.2 Å². The molecule has 0 bridgehead atoms. The van der Waals surface area contributed by atoms with Crippen LogP contribution in [0.3, 0.4) is 0 Å². The highest BCUT2D eigenvalue weighted by atomic mass is 35.5. The van der Waals surface area contributed by atoms with E-state index >= 15 is 0 Å². The molecule has 0 radical (unpaired) electrons. The Balaban J connectivity index is 1.59. The largest absolute Gasteiger partial charge is 0.337 e. The van der Waals surface area contributed by atoms with Crippen molar-refractivity contribution in [2.45, 2.75) is 13.3 Å². The number of amides is 1. The van der Waals surface area contributed by atoms with Gasteiger partial charge in [0.25, 0.3) is 5.91 Å². The van der Waals surface area contributed by atoms with Crippen LogP contribution in [-0.2, 0) is 7.05 Å². The van der Waals surface area contributed by atoms with Gasteiger partial charge in [0, 0.05) is 20.1 Å². The molecule has 1 aliphatic rings. The topological polar surface area (TPSA) is 88.8 Å². The van der Waals surface area contributed by atoms with Crippen LogP contribution < -0.4 is 5.32 Å². The zero-order valence-corrected chi connectivity index (χ0v) is 16.0. The number of carbonyl (C=O) groups is 1. The highest BCUT2D eigenvalue weighted by Crippen LogP contribution is 2.25. The third-order valence-corrected chi connectivity index (χ3v) is 4.94. The Bertz CT molecular complexity index is 1060. The van der Waals surface area contributed by atoms with Crippen LogP contribution in [0, 0.1) is 12.7 Å². The van der Waals surface area contributed by atoms with Gasteiger partial charge in [0.2, 0.25) is 5.95 Å². The molecule has 0 atom stereocenters. The summed E-state index contributed by atoms with van der Waals surface area (Å²) in [5, 5.41) is 3.17. The minimum Gasteiger partial charge on any atom is -0.337 e. The summed E-state index contributed by atoms with van der Waals surface area (Å²) in [6.07, 6.45) is 5.10. The van der Waals surface area contributed by atoms with E-state index in [9.17, 15) is 9.18 Å². The van der Waals surface area contributed by atoms with Crippen molar-refractivity contribution in [1.82, 2.24) is 29.4 Å². The zero-order chi connectivity index (χ0) is 19.8. The third kappa shape index (κ3) is 3.29. The van der Waals surface area contributed by atoms with Crippen molar-refractivity contribution in [2.75, 3.05) is 18.4 Å². The fourth-order valence-corrected chi connectivity index (χ4v) is 3.04. The van der Waals surface area contributed by atoms with E-state index in [2.05, 4.69) is 25.3 Å². The van der Waals surface area contributed by atoms with Gasteiger partial charge in [-0.15, -0.1) is 0 Å². The number of likely N-dealkylation sites (tertiary alicyclic amines) is 1. The predicted molar refractivity (Wildman–Crippen MR) is 102 cm³/mol. The van der Waals surface area contributed by atoms with E-state index in [-0.39, 0.29) is 28.3 Å². The summed E-state index contributed by atoms with van der Waals surface area (Å²) in [4.78, 5) is 30.5. The van der Waals surface area contributed by atoms with Gasteiger partial charge in [-0.1, -0.05) is 11.6 Å². The monoisotopic (exact) mass is 401 g/mol. The Morgan fingerprint density at radius 1 is 1.21 bits per heavy atom. The quantitative estimate of drug-likeness (QED) is 0.723. The normalized spacial score (nSPS) is 13.4. The minimum atomic E-state index is -0.555. The molecule has 0 unspecified atom stereocenters. The van der Waals surface area contributed by atoms with Gasteiger partial charge < -0.3 is 14.8 Å². The molecule has 0 saturated carbocycles. The molecule has 1 fully saturated rings. The third-order valence-electron chi connectivity index (χ3n) is 4.65. The smallest absolute Gasteiger partial charge is 0.274 e. The number of aromatic nitrogens is 5. The molecule has 1 saturated heterocycles. The molecule has 0 spiro atoms. The highest BCUT2D eigenvalue weighted by molar-refractivity contribution is 6.33. The number of aryl methyl sites for hydroxylation is 1. The molecule has 4 heterocycles. The molecule has 3 aromatic rings. The second-order valence-electron chi connectivity index (χ2n) is 6.47. The number of hydrogen-bond acceptors (Lipinski definition) is 6. The number of imidazole rings is 1. The summed E-state index contributed by atoms with van der Waals surface area (Å²) in [6, 6.07) is 1.57. The summed E-state index contributed by atoms with van der Waals surface area (Å²) in [5.74, 6) is 0.172. The molecule has 144 valence electrons. The molecule has 0 aliphatic carbocycles. The van der Waals surface area contributed by atoms with Crippen LogP contribution in [0.2, 0.25) is 5.02 Å². The van der Waals surface area contributed by atoms with Crippen molar-refractivity contribution in [1.29, 1.82) is 0 Å². The van der Waals surface area contributed by atoms with Crippen LogP contribution in [0.4, 0.5) is 16.0 Å². The van der Waals surface area contributed by atoms with Crippen molar-refractivity contribution in [3.8, 4) is 11.4 Å². The lowest BCUT2D eigenvalue weighted by atomic mass is 10.2. The SMILES string of the molecule is Cc1ncc(-c2nc(Nc3cnc(C(=O)N4CCC4)c(Cl)c3)ncc2F)n1C. The van der Waals surface area contributed by atoms with E-state index in [0.29, 0.717) is 11.4 Å². The molecule has 1 N–H and O–H groups in total. The first-order valence-corrected chi connectivity index (χ1v) is 9.05. The Morgan fingerprint density at radius 3 is 2.61 bits per heavy atom. The molecule has 0 aromatic carbocycles. The maximum Gasteiger partial charge on any atom is 0.274 e. The van der Waals surface area contributed by atoms with Crippen LogP contribution >= 0.6 is 11.6 Å². The first-order chi connectivity index (χ1) is 13.4. The van der Waals surface area contributed by atoms with Gasteiger partial charge in [-0.3, -0.25) is 4.79 Å². The minimum absolute atomic E-state index is 0.129. The van der Waals surface area contributed by atoms with Gasteiger partial charge in [-0.25, -0.2) is 24.3 Å². The van der Waals surface area contributed by atoms with Crippen molar-refractivity contribution in [2.24, 2.45) is 7.05 Å². The molecule has 10 heteroatoms. The number of carbonyl (C=O) groups excluding carboxylic acids is 1. The van der Waals surface area contributed by atoms with Crippen LogP contribution in [0.1, 0.15) is 22.7 Å². The van der Waals surface area contributed by atoms with Gasteiger partial charge in [0.15, 0.2) is 5.82 Å². The van der Waals surface area contributed by atoms with Gasteiger partial charge >= 0.3 is 0 Å². The number of nitrogens with zero attached hydrogens (tertiary/aromatic N) is 6. The van der Waals surface area contributed by atoms with E-state index in [1.54, 1.807) is 28.8 Å². The van der Waals surface area contributed by atoms with Crippen molar-refractivity contribution in [3.63, 3.8) is 0 Å². The van der Waals surface area contributed by atoms with E-state index in [0.717, 1.165) is 31.5 Å². The van der Waals surface area contributed by atoms with Crippen LogP contribution in [0.15, 0.2) is 24.7 Å². The first-order valence-electron chi connectivity index (χ1n) is 8.67. The van der Waals surface area contributed by atoms with E-state index < -0.39 is 5.82 Å². The molecule has 8 nitrogen and oxygen atoms in total. The van der Waals surface area contributed by atoms with Crippen LogP contribution in [-0.4, -0.2) is 48.4 Å². The summed E-state index contributed by atoms with van der Waals surface area (Å²) < 4.78 is 16.0. The van der Waals surface area contributed by atoms with Crippen molar-refractivity contribution >= 4 is 29.1 Å². The molecule has 1 aliphatic heterocycles. The summed E-state index contributed by atoms with van der Waals surface area (Å²) in [5.41, 5.74) is 1.36. The van der Waals surface area contributed by atoms with Gasteiger partial charge in [-0.2, -0.15) is 0 Å². The number of anilines is 2. The number of nitrogens with one attached hydrogen (secondary N) is 1. The van der Waals surface area contributed by atoms with Crippen LogP contribution in [0.5, 0.6) is 0 Å². The fourth-order valence-electron chi connectivity index (χ4n) is 2.79. The maximum atomic E-state index is 14.2. The summed E-state index contributed by atoms with van der Waals surface area (Å²) in [6.45, 7) is 3.26. The predicted octanol–water partition coefficient (Wildman–Crippen LogP) is 2.96. The molecule has 28 heavy (non-hydrogen) atoms.